The van der Waals surface area contributed by atoms with Gasteiger partial charge in [0, 0.05) is 16.8 Å². The van der Waals surface area contributed by atoms with Crippen molar-refractivity contribution in [2.75, 3.05) is 11.9 Å². The summed E-state index contributed by atoms with van der Waals surface area (Å²) >= 11 is 5.94. The summed E-state index contributed by atoms with van der Waals surface area (Å²) in [6.07, 6.45) is 1.95. The minimum atomic E-state index is -0.944. The van der Waals surface area contributed by atoms with E-state index in [4.69, 9.17) is 21.1 Å². The van der Waals surface area contributed by atoms with Crippen LogP contribution in [0.2, 0.25) is 5.02 Å². The predicted molar refractivity (Wildman–Crippen MR) is 107 cm³/mol. The number of carbonyl (C=O) groups is 2. The van der Waals surface area contributed by atoms with E-state index in [0.717, 1.165) is 16.9 Å². The van der Waals surface area contributed by atoms with Gasteiger partial charge >= 0.3 is 5.97 Å². The molecule has 0 saturated heterocycles. The number of esters is 1. The summed E-state index contributed by atoms with van der Waals surface area (Å²) in [5.41, 5.74) is 2.27. The molecule has 1 N–H and O–H groups in total. The Morgan fingerprint density at radius 2 is 1.89 bits per heavy atom. The molecule has 142 valence electrons. The average Bonchev–Trinajstić information content (AvgIpc) is 2.64. The maximum absolute atomic E-state index is 12.2. The van der Waals surface area contributed by atoms with Crippen LogP contribution in [0.1, 0.15) is 25.0 Å². The number of aryl methyl sites for hydroxylation is 1. The fraction of sp³-hybridized carbons (Fsp3) is 0.238. The van der Waals surface area contributed by atoms with Crippen molar-refractivity contribution in [1.82, 2.24) is 0 Å². The highest BCUT2D eigenvalue weighted by Crippen LogP contribution is 2.20. The van der Waals surface area contributed by atoms with Crippen LogP contribution in [0.4, 0.5) is 5.69 Å². The maximum atomic E-state index is 12.2. The van der Waals surface area contributed by atoms with Crippen LogP contribution in [0.25, 0.3) is 6.08 Å². The summed E-state index contributed by atoms with van der Waals surface area (Å²) in [6, 6.07) is 12.5. The minimum absolute atomic E-state index is 0.428. The van der Waals surface area contributed by atoms with Gasteiger partial charge in [-0.1, -0.05) is 29.8 Å². The fourth-order valence-corrected chi connectivity index (χ4v) is 2.41. The molecule has 0 aliphatic carbocycles. The van der Waals surface area contributed by atoms with Gasteiger partial charge < -0.3 is 14.8 Å². The Morgan fingerprint density at radius 1 is 1.19 bits per heavy atom. The van der Waals surface area contributed by atoms with Crippen LogP contribution in [0.15, 0.2) is 48.5 Å². The van der Waals surface area contributed by atoms with E-state index in [0.29, 0.717) is 17.3 Å². The van der Waals surface area contributed by atoms with Crippen molar-refractivity contribution in [3.63, 3.8) is 0 Å². The third-order valence-electron chi connectivity index (χ3n) is 3.72. The molecule has 0 aliphatic rings. The van der Waals surface area contributed by atoms with Crippen LogP contribution in [0.5, 0.6) is 5.75 Å². The molecular weight excluding hydrogens is 366 g/mol. The topological polar surface area (TPSA) is 64.6 Å². The SMILES string of the molecule is CCOc1ccc(/C=C/C(=O)O[C@H](C)C(=O)Nc2cc(Cl)ccc2C)cc1. The minimum Gasteiger partial charge on any atom is -0.494 e. The van der Waals surface area contributed by atoms with Crippen molar-refractivity contribution in [3.8, 4) is 5.75 Å². The molecule has 5 nitrogen and oxygen atoms in total. The molecule has 27 heavy (non-hydrogen) atoms. The molecule has 0 spiro atoms. The number of ether oxygens (including phenoxy) is 2. The third kappa shape index (κ3) is 6.46. The lowest BCUT2D eigenvalue weighted by Gasteiger charge is -2.14. The second kappa shape index (κ2) is 9.78. The summed E-state index contributed by atoms with van der Waals surface area (Å²) in [5.74, 6) is -0.267. The van der Waals surface area contributed by atoms with E-state index in [2.05, 4.69) is 5.32 Å². The number of benzene rings is 2. The number of amides is 1. The summed E-state index contributed by atoms with van der Waals surface area (Å²) in [4.78, 5) is 24.2. The molecule has 2 rings (SSSR count). The largest absolute Gasteiger partial charge is 0.494 e. The normalized spacial score (nSPS) is 11.9. The first-order valence-corrected chi connectivity index (χ1v) is 8.95. The highest BCUT2D eigenvalue weighted by atomic mass is 35.5. The monoisotopic (exact) mass is 387 g/mol. The van der Waals surface area contributed by atoms with E-state index in [-0.39, 0.29) is 0 Å². The predicted octanol–water partition coefficient (Wildman–Crippen LogP) is 4.63. The lowest BCUT2D eigenvalue weighted by molar-refractivity contribution is -0.148. The van der Waals surface area contributed by atoms with Crippen LogP contribution in [-0.4, -0.2) is 24.6 Å². The number of halogens is 1. The first kappa shape index (κ1) is 20.5. The first-order chi connectivity index (χ1) is 12.9. The molecule has 1 atom stereocenters. The third-order valence-corrected chi connectivity index (χ3v) is 3.96. The van der Waals surface area contributed by atoms with Gasteiger partial charge in [-0.15, -0.1) is 0 Å². The van der Waals surface area contributed by atoms with Crippen molar-refractivity contribution in [2.24, 2.45) is 0 Å². The molecule has 0 unspecified atom stereocenters. The molecular formula is C21H22ClNO4. The zero-order chi connectivity index (χ0) is 19.8. The smallest absolute Gasteiger partial charge is 0.331 e. The number of rotatable bonds is 7. The van der Waals surface area contributed by atoms with Gasteiger partial charge in [-0.05, 0) is 62.2 Å². The number of hydrogen-bond acceptors (Lipinski definition) is 4. The highest BCUT2D eigenvalue weighted by molar-refractivity contribution is 6.31. The molecule has 2 aromatic carbocycles. The number of hydrogen-bond donors (Lipinski definition) is 1. The van der Waals surface area contributed by atoms with Crippen molar-refractivity contribution < 1.29 is 19.1 Å². The number of carbonyl (C=O) groups excluding carboxylic acids is 2. The van der Waals surface area contributed by atoms with Gasteiger partial charge in [0.1, 0.15) is 5.75 Å². The Hall–Kier alpha value is -2.79. The van der Waals surface area contributed by atoms with Gasteiger partial charge in [0.2, 0.25) is 0 Å². The fourth-order valence-electron chi connectivity index (χ4n) is 2.24. The van der Waals surface area contributed by atoms with Crippen molar-refractivity contribution >= 4 is 35.2 Å². The average molecular weight is 388 g/mol. The highest BCUT2D eigenvalue weighted by Gasteiger charge is 2.17. The molecule has 0 aromatic heterocycles. The summed E-state index contributed by atoms with van der Waals surface area (Å²) in [5, 5.41) is 3.22. The molecule has 1 amide bonds. The zero-order valence-corrected chi connectivity index (χ0v) is 16.2. The molecule has 2 aromatic rings. The Morgan fingerprint density at radius 3 is 2.56 bits per heavy atom. The van der Waals surface area contributed by atoms with Crippen molar-refractivity contribution in [3.05, 3.63) is 64.7 Å². The quantitative estimate of drug-likeness (QED) is 0.555. The second-order valence-corrected chi connectivity index (χ2v) is 6.30. The maximum Gasteiger partial charge on any atom is 0.331 e. The lowest BCUT2D eigenvalue weighted by atomic mass is 10.2. The van der Waals surface area contributed by atoms with Crippen LogP contribution >= 0.6 is 11.6 Å². The molecule has 6 heteroatoms. The van der Waals surface area contributed by atoms with E-state index in [1.807, 2.05) is 38.1 Å². The van der Waals surface area contributed by atoms with Crippen LogP contribution in [0, 0.1) is 6.92 Å². The zero-order valence-electron chi connectivity index (χ0n) is 15.5. The van der Waals surface area contributed by atoms with Crippen LogP contribution < -0.4 is 10.1 Å². The van der Waals surface area contributed by atoms with Crippen LogP contribution in [0.3, 0.4) is 0 Å². The Labute approximate surface area is 163 Å². The van der Waals surface area contributed by atoms with Crippen LogP contribution in [-0.2, 0) is 14.3 Å². The molecule has 0 fully saturated rings. The molecule has 0 saturated carbocycles. The summed E-state index contributed by atoms with van der Waals surface area (Å²) in [7, 11) is 0. The molecule has 0 heterocycles. The van der Waals surface area contributed by atoms with E-state index in [9.17, 15) is 9.59 Å². The Balaban J connectivity index is 1.90. The summed E-state index contributed by atoms with van der Waals surface area (Å²) in [6.45, 7) is 5.87. The van der Waals surface area contributed by atoms with Crippen molar-refractivity contribution in [1.29, 1.82) is 0 Å². The lowest BCUT2D eigenvalue weighted by Crippen LogP contribution is -2.29. The molecule has 0 bridgehead atoms. The van der Waals surface area contributed by atoms with Gasteiger partial charge in [0.05, 0.1) is 6.61 Å². The van der Waals surface area contributed by atoms with Gasteiger partial charge in [-0.25, -0.2) is 4.79 Å². The number of anilines is 1. The Bertz CT molecular complexity index is 831. The van der Waals surface area contributed by atoms with Gasteiger partial charge in [-0.2, -0.15) is 0 Å². The first-order valence-electron chi connectivity index (χ1n) is 8.57. The number of nitrogens with one attached hydrogen (secondary N) is 1. The van der Waals surface area contributed by atoms with E-state index >= 15 is 0 Å². The van der Waals surface area contributed by atoms with E-state index in [1.165, 1.54) is 13.0 Å². The Kier molecular flexibility index (Phi) is 7.44. The molecule has 0 radical (unpaired) electrons. The molecule has 0 aliphatic heterocycles. The van der Waals surface area contributed by atoms with Gasteiger partial charge in [-0.3, -0.25) is 4.79 Å². The standard InChI is InChI=1S/C21H22ClNO4/c1-4-26-18-10-6-16(7-11-18)8-12-20(24)27-15(3)21(25)23-19-13-17(22)9-5-14(19)2/h5-13,15H,4H2,1-3H3,(H,23,25)/b12-8+/t15-/m1/s1. The van der Waals surface area contributed by atoms with E-state index in [1.54, 1.807) is 24.3 Å². The summed E-state index contributed by atoms with van der Waals surface area (Å²) < 4.78 is 10.5. The second-order valence-electron chi connectivity index (χ2n) is 5.86. The van der Waals surface area contributed by atoms with Gasteiger partial charge in [0.25, 0.3) is 5.91 Å². The van der Waals surface area contributed by atoms with Gasteiger partial charge in [0.15, 0.2) is 6.10 Å². The van der Waals surface area contributed by atoms with Crippen molar-refractivity contribution in [2.45, 2.75) is 26.9 Å². The van der Waals surface area contributed by atoms with E-state index < -0.39 is 18.0 Å².